The molecule has 2 rings (SSSR count). The van der Waals surface area contributed by atoms with Crippen molar-refractivity contribution in [1.29, 1.82) is 0 Å². The summed E-state index contributed by atoms with van der Waals surface area (Å²) in [6.07, 6.45) is 3.99. The molecular weight excluding hydrogens is 236 g/mol. The Kier molecular flexibility index (Phi) is 3.66. The van der Waals surface area contributed by atoms with Gasteiger partial charge in [-0.1, -0.05) is 17.8 Å². The van der Waals surface area contributed by atoms with E-state index in [1.807, 2.05) is 14.0 Å². The first kappa shape index (κ1) is 12.4. The molecule has 0 saturated heterocycles. The van der Waals surface area contributed by atoms with Gasteiger partial charge in [-0.25, -0.2) is 9.78 Å². The van der Waals surface area contributed by atoms with Crippen LogP contribution in [0.2, 0.25) is 0 Å². The first-order valence-corrected chi connectivity index (χ1v) is 6.70. The van der Waals surface area contributed by atoms with Crippen molar-refractivity contribution in [3.63, 3.8) is 0 Å². The Labute approximate surface area is 106 Å². The van der Waals surface area contributed by atoms with Gasteiger partial charge in [-0.15, -0.1) is 0 Å². The van der Waals surface area contributed by atoms with Gasteiger partial charge in [0.25, 0.3) is 0 Å². The molecule has 4 nitrogen and oxygen atoms in total. The molecule has 5 heteroatoms. The van der Waals surface area contributed by atoms with Crippen molar-refractivity contribution in [1.82, 2.24) is 4.98 Å². The normalized spacial score (nSPS) is 15.5. The molecule has 94 valence electrons. The Morgan fingerprint density at radius 1 is 1.59 bits per heavy atom. The number of ether oxygens (including phenoxy) is 1. The SMILES string of the molecule is COC(=O)c1sc(N(C)CC2CCC2)nc1C. The summed E-state index contributed by atoms with van der Waals surface area (Å²) in [5.41, 5.74) is 0.761. The van der Waals surface area contributed by atoms with Gasteiger partial charge in [-0.05, 0) is 25.7 Å². The van der Waals surface area contributed by atoms with Gasteiger partial charge in [-0.3, -0.25) is 0 Å². The zero-order valence-corrected chi connectivity index (χ0v) is 11.3. The average molecular weight is 254 g/mol. The van der Waals surface area contributed by atoms with Crippen molar-refractivity contribution in [2.45, 2.75) is 26.2 Å². The van der Waals surface area contributed by atoms with E-state index in [4.69, 9.17) is 4.74 Å². The molecule has 1 fully saturated rings. The summed E-state index contributed by atoms with van der Waals surface area (Å²) in [6, 6.07) is 0. The van der Waals surface area contributed by atoms with Crippen LogP contribution in [-0.2, 0) is 4.74 Å². The summed E-state index contributed by atoms with van der Waals surface area (Å²) in [5, 5.41) is 0.912. The van der Waals surface area contributed by atoms with Gasteiger partial charge in [-0.2, -0.15) is 0 Å². The second kappa shape index (κ2) is 5.04. The Bertz CT molecular complexity index is 413. The minimum atomic E-state index is -0.289. The number of anilines is 1. The number of aromatic nitrogens is 1. The van der Waals surface area contributed by atoms with E-state index in [1.54, 1.807) is 0 Å². The van der Waals surface area contributed by atoms with Crippen LogP contribution in [0, 0.1) is 12.8 Å². The maximum absolute atomic E-state index is 11.5. The van der Waals surface area contributed by atoms with Gasteiger partial charge in [0.15, 0.2) is 5.13 Å². The maximum atomic E-state index is 11.5. The van der Waals surface area contributed by atoms with Gasteiger partial charge in [0, 0.05) is 13.6 Å². The monoisotopic (exact) mass is 254 g/mol. The smallest absolute Gasteiger partial charge is 0.350 e. The van der Waals surface area contributed by atoms with Crippen molar-refractivity contribution in [3.8, 4) is 0 Å². The van der Waals surface area contributed by atoms with Crippen LogP contribution < -0.4 is 4.90 Å². The topological polar surface area (TPSA) is 42.4 Å². The standard InChI is InChI=1S/C12H18N2O2S/c1-8-10(11(15)16-3)17-12(13-8)14(2)7-9-5-4-6-9/h9H,4-7H2,1-3H3. The Morgan fingerprint density at radius 3 is 2.82 bits per heavy atom. The third-order valence-corrected chi connectivity index (χ3v) is 4.49. The highest BCUT2D eigenvalue weighted by Crippen LogP contribution is 2.31. The maximum Gasteiger partial charge on any atom is 0.350 e. The van der Waals surface area contributed by atoms with Gasteiger partial charge >= 0.3 is 5.97 Å². The zero-order chi connectivity index (χ0) is 12.4. The molecule has 0 radical (unpaired) electrons. The molecule has 0 N–H and O–H groups in total. The number of hydrogen-bond donors (Lipinski definition) is 0. The quantitative estimate of drug-likeness (QED) is 0.774. The molecule has 1 aliphatic rings. The number of esters is 1. The fourth-order valence-corrected chi connectivity index (χ4v) is 2.92. The molecule has 0 atom stereocenters. The fourth-order valence-electron chi connectivity index (χ4n) is 1.97. The summed E-state index contributed by atoms with van der Waals surface area (Å²) in [6.45, 7) is 2.89. The molecule has 0 amide bonds. The molecule has 1 heterocycles. The van der Waals surface area contributed by atoms with E-state index in [0.29, 0.717) is 4.88 Å². The van der Waals surface area contributed by atoms with Crippen LogP contribution in [0.4, 0.5) is 5.13 Å². The third-order valence-electron chi connectivity index (χ3n) is 3.24. The molecule has 0 unspecified atom stereocenters. The number of thiazole rings is 1. The van der Waals surface area contributed by atoms with Crippen molar-refractivity contribution in [2.75, 3.05) is 25.6 Å². The molecule has 0 spiro atoms. The number of hydrogen-bond acceptors (Lipinski definition) is 5. The third kappa shape index (κ3) is 2.60. The second-order valence-electron chi connectivity index (χ2n) is 4.58. The highest BCUT2D eigenvalue weighted by molar-refractivity contribution is 7.17. The summed E-state index contributed by atoms with van der Waals surface area (Å²) in [7, 11) is 3.44. The van der Waals surface area contributed by atoms with E-state index >= 15 is 0 Å². The number of carbonyl (C=O) groups excluding carboxylic acids is 1. The Morgan fingerprint density at radius 2 is 2.29 bits per heavy atom. The molecular formula is C12H18N2O2S. The molecule has 0 bridgehead atoms. The van der Waals surface area contributed by atoms with Gasteiger partial charge in [0.2, 0.25) is 0 Å². The lowest BCUT2D eigenvalue weighted by Gasteiger charge is -2.29. The molecule has 17 heavy (non-hydrogen) atoms. The van der Waals surface area contributed by atoms with E-state index in [-0.39, 0.29) is 5.97 Å². The molecule has 0 aromatic carbocycles. The lowest BCUT2D eigenvalue weighted by Crippen LogP contribution is -2.29. The summed E-state index contributed by atoms with van der Waals surface area (Å²) >= 11 is 1.42. The van der Waals surface area contributed by atoms with Gasteiger partial charge in [0.1, 0.15) is 4.88 Å². The number of aryl methyl sites for hydroxylation is 1. The number of methoxy groups -OCH3 is 1. The van der Waals surface area contributed by atoms with Gasteiger partial charge < -0.3 is 9.64 Å². The van der Waals surface area contributed by atoms with Crippen LogP contribution >= 0.6 is 11.3 Å². The van der Waals surface area contributed by atoms with Gasteiger partial charge in [0.05, 0.1) is 12.8 Å². The highest BCUT2D eigenvalue weighted by atomic mass is 32.1. The fraction of sp³-hybridized carbons (Fsp3) is 0.667. The van der Waals surface area contributed by atoms with E-state index in [0.717, 1.165) is 23.3 Å². The van der Waals surface area contributed by atoms with Crippen molar-refractivity contribution >= 4 is 22.4 Å². The Hall–Kier alpha value is -1.10. The highest BCUT2D eigenvalue weighted by Gasteiger charge is 2.22. The van der Waals surface area contributed by atoms with Crippen molar-refractivity contribution in [3.05, 3.63) is 10.6 Å². The molecule has 1 aromatic heterocycles. The predicted molar refractivity (Wildman–Crippen MR) is 68.8 cm³/mol. The predicted octanol–water partition coefficient (Wildman–Crippen LogP) is 2.47. The molecule has 1 saturated carbocycles. The van der Waals surface area contributed by atoms with Crippen molar-refractivity contribution in [2.24, 2.45) is 5.92 Å². The van der Waals surface area contributed by atoms with Crippen molar-refractivity contribution < 1.29 is 9.53 Å². The second-order valence-corrected chi connectivity index (χ2v) is 5.56. The Balaban J connectivity index is 2.07. The summed E-state index contributed by atoms with van der Waals surface area (Å²) in [4.78, 5) is 18.7. The molecule has 1 aromatic rings. The minimum absolute atomic E-state index is 0.289. The largest absolute Gasteiger partial charge is 0.465 e. The zero-order valence-electron chi connectivity index (χ0n) is 10.5. The van der Waals surface area contributed by atoms with Crippen LogP contribution in [-0.4, -0.2) is 31.7 Å². The average Bonchev–Trinajstić information content (AvgIpc) is 2.64. The minimum Gasteiger partial charge on any atom is -0.465 e. The lowest BCUT2D eigenvalue weighted by atomic mass is 9.85. The lowest BCUT2D eigenvalue weighted by molar-refractivity contribution is 0.0605. The number of carbonyl (C=O) groups is 1. The van der Waals surface area contributed by atoms with Crippen LogP contribution in [0.5, 0.6) is 0 Å². The van der Waals surface area contributed by atoms with E-state index in [1.165, 1.54) is 37.7 Å². The first-order valence-electron chi connectivity index (χ1n) is 5.88. The van der Waals surface area contributed by atoms with Crippen LogP contribution in [0.25, 0.3) is 0 Å². The molecule has 0 aliphatic heterocycles. The van der Waals surface area contributed by atoms with E-state index < -0.39 is 0 Å². The van der Waals surface area contributed by atoms with Crippen LogP contribution in [0.1, 0.15) is 34.6 Å². The summed E-state index contributed by atoms with van der Waals surface area (Å²) < 4.78 is 4.74. The number of nitrogens with zero attached hydrogens (tertiary/aromatic N) is 2. The number of rotatable bonds is 4. The van der Waals surface area contributed by atoms with Crippen LogP contribution in [0.15, 0.2) is 0 Å². The first-order chi connectivity index (χ1) is 8.11. The van der Waals surface area contributed by atoms with Crippen LogP contribution in [0.3, 0.4) is 0 Å². The van der Waals surface area contributed by atoms with E-state index in [2.05, 4.69) is 9.88 Å². The summed E-state index contributed by atoms with van der Waals surface area (Å²) in [5.74, 6) is 0.508. The van der Waals surface area contributed by atoms with E-state index in [9.17, 15) is 4.79 Å². The molecule has 1 aliphatic carbocycles.